The maximum atomic E-state index is 13.9. The average molecular weight is 316 g/mol. The monoisotopic (exact) mass is 316 g/mol. The summed E-state index contributed by atoms with van der Waals surface area (Å²) in [5.74, 6) is -1.68. The SMILES string of the molecule is COc1c(F)cc(F)cc1C1(O)CC2CCCC(C1)S2=O. The number of methoxy groups -OCH3 is 1. The molecule has 1 N–H and O–H groups in total. The summed E-state index contributed by atoms with van der Waals surface area (Å²) in [7, 11) is 0.333. The fraction of sp³-hybridized carbons (Fsp3) is 0.600. The van der Waals surface area contributed by atoms with Gasteiger partial charge in [0.15, 0.2) is 11.6 Å². The summed E-state index contributed by atoms with van der Waals surface area (Å²) in [6.45, 7) is 0. The Bertz CT molecular complexity index is 575. The molecule has 6 heteroatoms. The number of rotatable bonds is 2. The fourth-order valence-electron chi connectivity index (χ4n) is 3.62. The van der Waals surface area contributed by atoms with Crippen LogP contribution in [0, 0.1) is 11.6 Å². The van der Waals surface area contributed by atoms with Gasteiger partial charge in [-0.05, 0) is 31.7 Å². The molecule has 2 atom stereocenters. The number of fused-ring (bicyclic) bond motifs is 2. The van der Waals surface area contributed by atoms with E-state index in [1.54, 1.807) is 0 Å². The molecule has 3 rings (SSSR count). The van der Waals surface area contributed by atoms with Crippen molar-refractivity contribution in [2.45, 2.75) is 48.2 Å². The van der Waals surface area contributed by atoms with Crippen LogP contribution in [0.2, 0.25) is 0 Å². The van der Waals surface area contributed by atoms with E-state index in [4.69, 9.17) is 4.74 Å². The van der Waals surface area contributed by atoms with Crippen molar-refractivity contribution in [3.8, 4) is 5.75 Å². The lowest BCUT2D eigenvalue weighted by atomic mass is 9.80. The Morgan fingerprint density at radius 1 is 1.29 bits per heavy atom. The Balaban J connectivity index is 2.05. The van der Waals surface area contributed by atoms with Crippen molar-refractivity contribution in [2.75, 3.05) is 7.11 Å². The van der Waals surface area contributed by atoms with Crippen molar-refractivity contribution in [1.29, 1.82) is 0 Å². The maximum absolute atomic E-state index is 13.9. The standard InChI is InChI=1S/C15H18F2O3S/c1-20-14-12(5-9(16)6-13(14)17)15(18)7-10-3-2-4-11(8-15)21(10)19/h5-6,10-11,18H,2-4,7-8H2,1H3. The van der Waals surface area contributed by atoms with Gasteiger partial charge in [0.05, 0.1) is 12.7 Å². The summed E-state index contributed by atoms with van der Waals surface area (Å²) < 4.78 is 44.7. The lowest BCUT2D eigenvalue weighted by molar-refractivity contribution is 0.00377. The van der Waals surface area contributed by atoms with Gasteiger partial charge in [-0.15, -0.1) is 0 Å². The van der Waals surface area contributed by atoms with E-state index in [-0.39, 0.29) is 34.7 Å². The normalized spacial score (nSPS) is 35.5. The van der Waals surface area contributed by atoms with E-state index in [0.717, 1.165) is 31.4 Å². The lowest BCUT2D eigenvalue weighted by Gasteiger charge is -2.44. The van der Waals surface area contributed by atoms with Crippen LogP contribution in [0.3, 0.4) is 0 Å². The van der Waals surface area contributed by atoms with Crippen LogP contribution in [-0.2, 0) is 16.4 Å². The van der Waals surface area contributed by atoms with Gasteiger partial charge >= 0.3 is 0 Å². The summed E-state index contributed by atoms with van der Waals surface area (Å²) in [6, 6.07) is 1.87. The zero-order valence-electron chi connectivity index (χ0n) is 11.8. The van der Waals surface area contributed by atoms with E-state index in [2.05, 4.69) is 0 Å². The van der Waals surface area contributed by atoms with E-state index in [1.807, 2.05) is 0 Å². The second-order valence-corrected chi connectivity index (χ2v) is 7.90. The molecule has 0 aliphatic carbocycles. The van der Waals surface area contributed by atoms with Gasteiger partial charge in [0.25, 0.3) is 0 Å². The van der Waals surface area contributed by atoms with Crippen molar-refractivity contribution in [3.63, 3.8) is 0 Å². The van der Waals surface area contributed by atoms with Crippen molar-refractivity contribution in [2.24, 2.45) is 0 Å². The van der Waals surface area contributed by atoms with E-state index in [0.29, 0.717) is 0 Å². The second-order valence-electron chi connectivity index (χ2n) is 5.91. The third kappa shape index (κ3) is 2.48. The summed E-state index contributed by atoms with van der Waals surface area (Å²) in [5.41, 5.74) is -1.24. The first-order valence-electron chi connectivity index (χ1n) is 7.10. The van der Waals surface area contributed by atoms with Crippen molar-refractivity contribution < 1.29 is 22.8 Å². The molecule has 3 nitrogen and oxygen atoms in total. The molecule has 116 valence electrons. The van der Waals surface area contributed by atoms with E-state index < -0.39 is 28.0 Å². The Labute approximate surface area is 124 Å². The second kappa shape index (κ2) is 5.32. The largest absolute Gasteiger partial charge is 0.493 e. The first-order valence-corrected chi connectivity index (χ1v) is 8.37. The van der Waals surface area contributed by atoms with Crippen LogP contribution in [0.25, 0.3) is 0 Å². The van der Waals surface area contributed by atoms with E-state index >= 15 is 0 Å². The van der Waals surface area contributed by atoms with Crippen LogP contribution in [0.15, 0.2) is 12.1 Å². The van der Waals surface area contributed by atoms with E-state index in [9.17, 15) is 18.1 Å². The van der Waals surface area contributed by atoms with Crippen LogP contribution in [0.4, 0.5) is 8.78 Å². The number of halogens is 2. The molecule has 0 spiro atoms. The first-order chi connectivity index (χ1) is 9.94. The Morgan fingerprint density at radius 2 is 1.90 bits per heavy atom. The van der Waals surface area contributed by atoms with Gasteiger partial charge in [0, 0.05) is 32.9 Å². The molecule has 2 aliphatic heterocycles. The molecular weight excluding hydrogens is 298 g/mol. The predicted octanol–water partition coefficient (Wildman–Crippen LogP) is 2.62. The molecule has 2 bridgehead atoms. The highest BCUT2D eigenvalue weighted by Crippen LogP contribution is 2.47. The Hall–Kier alpha value is -1.01. The minimum Gasteiger partial charge on any atom is -0.493 e. The molecule has 2 heterocycles. The zero-order valence-corrected chi connectivity index (χ0v) is 12.6. The molecule has 2 unspecified atom stereocenters. The van der Waals surface area contributed by atoms with Gasteiger partial charge in [0.1, 0.15) is 5.82 Å². The summed E-state index contributed by atoms with van der Waals surface area (Å²) in [4.78, 5) is 0. The molecule has 0 saturated carbocycles. The van der Waals surface area contributed by atoms with Crippen LogP contribution in [-0.4, -0.2) is 26.9 Å². The molecule has 1 aromatic rings. The minimum atomic E-state index is -1.38. The molecule has 0 amide bonds. The van der Waals surface area contributed by atoms with E-state index in [1.165, 1.54) is 7.11 Å². The average Bonchev–Trinajstić information content (AvgIpc) is 2.40. The topological polar surface area (TPSA) is 46.5 Å². The molecule has 0 aromatic heterocycles. The fourth-order valence-corrected chi connectivity index (χ4v) is 5.84. The molecular formula is C15H18F2O3S. The van der Waals surface area contributed by atoms with Crippen molar-refractivity contribution in [3.05, 3.63) is 29.3 Å². The number of ether oxygens (including phenoxy) is 1. The molecule has 2 aliphatic rings. The van der Waals surface area contributed by atoms with Crippen LogP contribution in [0.5, 0.6) is 5.75 Å². The van der Waals surface area contributed by atoms with Gasteiger partial charge in [0.2, 0.25) is 0 Å². The number of hydrogen-bond acceptors (Lipinski definition) is 3. The predicted molar refractivity (Wildman–Crippen MR) is 75.6 cm³/mol. The molecule has 21 heavy (non-hydrogen) atoms. The van der Waals surface area contributed by atoms with Gasteiger partial charge < -0.3 is 9.84 Å². The van der Waals surface area contributed by atoms with Gasteiger partial charge in [-0.3, -0.25) is 4.21 Å². The van der Waals surface area contributed by atoms with Gasteiger partial charge in [-0.2, -0.15) is 0 Å². The Kier molecular flexibility index (Phi) is 3.78. The lowest BCUT2D eigenvalue weighted by Crippen LogP contribution is -2.47. The van der Waals surface area contributed by atoms with Crippen molar-refractivity contribution >= 4 is 10.8 Å². The molecule has 2 saturated heterocycles. The zero-order chi connectivity index (χ0) is 15.2. The molecule has 0 radical (unpaired) electrons. The minimum absolute atomic E-state index is 0.112. The first kappa shape index (κ1) is 14.9. The molecule has 1 aromatic carbocycles. The number of benzene rings is 1. The summed E-state index contributed by atoms with van der Waals surface area (Å²) >= 11 is 0. The molecule has 2 fully saturated rings. The highest BCUT2D eigenvalue weighted by molar-refractivity contribution is 7.86. The number of hydrogen-bond donors (Lipinski definition) is 1. The summed E-state index contributed by atoms with van der Waals surface area (Å²) in [6.07, 6.45) is 3.08. The third-order valence-corrected chi connectivity index (χ3v) is 6.67. The highest BCUT2D eigenvalue weighted by atomic mass is 32.2. The maximum Gasteiger partial charge on any atom is 0.168 e. The highest BCUT2D eigenvalue weighted by Gasteiger charge is 2.48. The van der Waals surface area contributed by atoms with Crippen molar-refractivity contribution in [1.82, 2.24) is 0 Å². The van der Waals surface area contributed by atoms with Crippen LogP contribution >= 0.6 is 0 Å². The Morgan fingerprint density at radius 3 is 2.48 bits per heavy atom. The van der Waals surface area contributed by atoms with Gasteiger partial charge in [-0.25, -0.2) is 8.78 Å². The quantitative estimate of drug-likeness (QED) is 0.912. The smallest absolute Gasteiger partial charge is 0.168 e. The summed E-state index contributed by atoms with van der Waals surface area (Å²) in [5, 5.41) is 10.8. The van der Waals surface area contributed by atoms with Crippen LogP contribution in [0.1, 0.15) is 37.7 Å². The van der Waals surface area contributed by atoms with Gasteiger partial charge in [-0.1, -0.05) is 6.42 Å². The third-order valence-electron chi connectivity index (χ3n) is 4.55. The number of aliphatic hydroxyl groups is 1. The van der Waals surface area contributed by atoms with Crippen LogP contribution < -0.4 is 4.74 Å².